The Bertz CT molecular complexity index is 1280. The number of aliphatic hydroxyl groups excluding tert-OH is 1. The number of aliphatic hydroxyl groups is 2. The minimum absolute atomic E-state index is 0.00679. The van der Waals surface area contributed by atoms with Gasteiger partial charge in [0.1, 0.15) is 12.4 Å². The van der Waals surface area contributed by atoms with Gasteiger partial charge in [-0.05, 0) is 81.4 Å². The van der Waals surface area contributed by atoms with E-state index in [-0.39, 0.29) is 18.9 Å². The smallest absolute Gasteiger partial charge is 0.158 e. The Morgan fingerprint density at radius 2 is 1.93 bits per heavy atom. The second kappa shape index (κ2) is 14.7. The molecule has 4 atom stereocenters. The molecule has 0 bridgehead atoms. The van der Waals surface area contributed by atoms with E-state index in [1.165, 1.54) is 0 Å². The van der Waals surface area contributed by atoms with Crippen LogP contribution in [-0.2, 0) is 9.47 Å². The van der Waals surface area contributed by atoms with E-state index in [9.17, 15) is 10.2 Å². The summed E-state index contributed by atoms with van der Waals surface area (Å²) in [5, 5.41) is 22.5. The Hall–Kier alpha value is -2.17. The number of rotatable bonds is 11. The molecule has 0 radical (unpaired) electrons. The lowest BCUT2D eigenvalue weighted by molar-refractivity contribution is -0.153. The highest BCUT2D eigenvalue weighted by Crippen LogP contribution is 2.38. The number of hydrogen-bond acceptors (Lipinski definition) is 8. The third-order valence-corrected chi connectivity index (χ3v) is 8.88. The van der Waals surface area contributed by atoms with Gasteiger partial charge in [-0.3, -0.25) is 9.89 Å². The first-order chi connectivity index (χ1) is 20.7. The predicted molar refractivity (Wildman–Crippen MR) is 172 cm³/mol. The number of hydrogen-bond donors (Lipinski definition) is 2. The second-order valence-corrected chi connectivity index (χ2v) is 12.8. The van der Waals surface area contributed by atoms with E-state index < -0.39 is 11.7 Å². The molecule has 2 aromatic carbocycles. The number of ether oxygens (including phenoxy) is 3. The lowest BCUT2D eigenvalue weighted by Gasteiger charge is -2.45. The molecule has 0 amide bonds. The summed E-state index contributed by atoms with van der Waals surface area (Å²) in [4.78, 5) is 9.27. The van der Waals surface area contributed by atoms with Gasteiger partial charge in [0, 0.05) is 55.8 Å². The van der Waals surface area contributed by atoms with Crippen molar-refractivity contribution in [2.24, 2.45) is 4.99 Å². The Kier molecular flexibility index (Phi) is 11.0. The molecule has 3 aliphatic heterocycles. The standard InChI is InChI=1S/C33H43Cl2N3O5/c1-23(39)20-42-28-12-13-30(29(35)17-28)38-15-14-37(19-31(38)24-6-9-26(34)10-7-24)22-33(2,40)25-8-11-27(36-18-25)21-43-32-5-3-4-16-41-32/h6-7,9-10,12-13,17-18,23,31-32,39-40H,3-5,8,11,14-16,19-22H2,1-2H3/t23-,31+,32?,33-/m1/s1. The fraction of sp³-hybridized carbons (Fsp3) is 0.545. The predicted octanol–water partition coefficient (Wildman–Crippen LogP) is 6.03. The van der Waals surface area contributed by atoms with Crippen LogP contribution in [0.5, 0.6) is 5.75 Å². The van der Waals surface area contributed by atoms with Gasteiger partial charge in [-0.25, -0.2) is 0 Å². The van der Waals surface area contributed by atoms with Gasteiger partial charge < -0.3 is 29.3 Å². The van der Waals surface area contributed by atoms with Crippen LogP contribution in [0.3, 0.4) is 0 Å². The minimum Gasteiger partial charge on any atom is -0.491 e. The maximum atomic E-state index is 11.6. The van der Waals surface area contributed by atoms with Crippen molar-refractivity contribution in [2.75, 3.05) is 50.9 Å². The molecule has 2 saturated heterocycles. The molecule has 2 aromatic rings. The van der Waals surface area contributed by atoms with Gasteiger partial charge >= 0.3 is 0 Å². The summed E-state index contributed by atoms with van der Waals surface area (Å²) in [5.74, 6) is 0.618. The van der Waals surface area contributed by atoms with Gasteiger partial charge in [0.2, 0.25) is 0 Å². The van der Waals surface area contributed by atoms with Crippen LogP contribution in [0.25, 0.3) is 0 Å². The Labute approximate surface area is 264 Å². The van der Waals surface area contributed by atoms with Crippen LogP contribution in [0, 0.1) is 0 Å². The third kappa shape index (κ3) is 8.72. The van der Waals surface area contributed by atoms with Gasteiger partial charge in [0.25, 0.3) is 0 Å². The first-order valence-electron chi connectivity index (χ1n) is 15.2. The zero-order valence-electron chi connectivity index (χ0n) is 25.1. The molecular formula is C33H43Cl2N3O5. The summed E-state index contributed by atoms with van der Waals surface area (Å²) < 4.78 is 17.2. The van der Waals surface area contributed by atoms with Crippen LogP contribution in [0.2, 0.25) is 10.0 Å². The monoisotopic (exact) mass is 631 g/mol. The molecule has 3 aliphatic rings. The number of anilines is 1. The fourth-order valence-corrected chi connectivity index (χ4v) is 6.34. The zero-order valence-corrected chi connectivity index (χ0v) is 26.6. The number of piperazine rings is 1. The molecule has 2 fully saturated rings. The highest BCUT2D eigenvalue weighted by Gasteiger charge is 2.35. The van der Waals surface area contributed by atoms with Crippen molar-refractivity contribution in [3.8, 4) is 5.75 Å². The normalized spacial score (nSPS) is 23.7. The third-order valence-electron chi connectivity index (χ3n) is 8.32. The highest BCUT2D eigenvalue weighted by atomic mass is 35.5. The summed E-state index contributed by atoms with van der Waals surface area (Å²) >= 11 is 13.0. The molecular weight excluding hydrogens is 589 g/mol. The molecule has 10 heteroatoms. The summed E-state index contributed by atoms with van der Waals surface area (Å²) in [6.07, 6.45) is 5.82. The molecule has 234 valence electrons. The van der Waals surface area contributed by atoms with Crippen LogP contribution in [-0.4, -0.2) is 84.8 Å². The summed E-state index contributed by atoms with van der Waals surface area (Å²) in [6, 6.07) is 13.6. The van der Waals surface area contributed by atoms with Gasteiger partial charge in [-0.1, -0.05) is 35.3 Å². The van der Waals surface area contributed by atoms with Crippen molar-refractivity contribution >= 4 is 34.6 Å². The van der Waals surface area contributed by atoms with Crippen molar-refractivity contribution in [2.45, 2.75) is 70.0 Å². The molecule has 0 aliphatic carbocycles. The molecule has 43 heavy (non-hydrogen) atoms. The maximum Gasteiger partial charge on any atom is 0.158 e. The van der Waals surface area contributed by atoms with Gasteiger partial charge in [0.15, 0.2) is 6.29 Å². The first kappa shape index (κ1) is 32.2. The van der Waals surface area contributed by atoms with E-state index in [1.807, 2.05) is 37.4 Å². The SMILES string of the molecule is C[C@@H](O)COc1ccc(N2CCN(C[C@@](C)(O)C3=CN=C(COC4CCCCO4)CC3)C[C@H]2c2ccc(Cl)cc2)c(Cl)c1. The van der Waals surface area contributed by atoms with Crippen LogP contribution in [0.15, 0.2) is 59.2 Å². The van der Waals surface area contributed by atoms with Crippen molar-refractivity contribution in [1.29, 1.82) is 0 Å². The summed E-state index contributed by atoms with van der Waals surface area (Å²) in [6.45, 7) is 7.68. The number of aliphatic imine (C=N–C) groups is 1. The number of nitrogens with zero attached hydrogens (tertiary/aromatic N) is 3. The van der Waals surface area contributed by atoms with Crippen molar-refractivity contribution in [3.63, 3.8) is 0 Å². The Balaban J connectivity index is 1.27. The molecule has 0 aromatic heterocycles. The lowest BCUT2D eigenvalue weighted by atomic mass is 9.89. The van der Waals surface area contributed by atoms with Crippen LogP contribution < -0.4 is 9.64 Å². The summed E-state index contributed by atoms with van der Waals surface area (Å²) in [5.41, 5.74) is 2.94. The summed E-state index contributed by atoms with van der Waals surface area (Å²) in [7, 11) is 0. The van der Waals surface area contributed by atoms with E-state index in [2.05, 4.69) is 26.9 Å². The van der Waals surface area contributed by atoms with E-state index in [0.29, 0.717) is 35.5 Å². The van der Waals surface area contributed by atoms with E-state index >= 15 is 0 Å². The fourth-order valence-electron chi connectivity index (χ4n) is 5.93. The average molecular weight is 633 g/mol. The van der Waals surface area contributed by atoms with Crippen LogP contribution >= 0.6 is 23.2 Å². The number of benzene rings is 2. The molecule has 5 rings (SSSR count). The van der Waals surface area contributed by atoms with Crippen molar-refractivity contribution in [3.05, 3.63) is 69.8 Å². The Morgan fingerprint density at radius 3 is 2.60 bits per heavy atom. The zero-order chi connectivity index (χ0) is 30.4. The van der Waals surface area contributed by atoms with Gasteiger partial charge in [-0.2, -0.15) is 0 Å². The molecule has 3 heterocycles. The van der Waals surface area contributed by atoms with Crippen molar-refractivity contribution in [1.82, 2.24) is 4.90 Å². The van der Waals surface area contributed by atoms with Crippen LogP contribution in [0.1, 0.15) is 57.6 Å². The van der Waals surface area contributed by atoms with E-state index in [4.69, 9.17) is 37.4 Å². The number of β-amino-alcohol motifs (C(OH)–C–C–N with tert-alkyl or cyclic N) is 1. The first-order valence-corrected chi connectivity index (χ1v) is 16.0. The lowest BCUT2D eigenvalue weighted by Crippen LogP contribution is -2.53. The molecule has 8 nitrogen and oxygen atoms in total. The maximum absolute atomic E-state index is 11.6. The Morgan fingerprint density at radius 1 is 1.12 bits per heavy atom. The molecule has 1 unspecified atom stereocenters. The van der Waals surface area contributed by atoms with E-state index in [0.717, 1.165) is 74.3 Å². The van der Waals surface area contributed by atoms with Gasteiger partial charge in [-0.15, -0.1) is 0 Å². The van der Waals surface area contributed by atoms with Crippen LogP contribution in [0.4, 0.5) is 5.69 Å². The molecule has 0 saturated carbocycles. The topological polar surface area (TPSA) is 87.0 Å². The largest absolute Gasteiger partial charge is 0.491 e. The van der Waals surface area contributed by atoms with E-state index in [1.54, 1.807) is 13.0 Å². The quantitative estimate of drug-likeness (QED) is 0.313. The number of halogens is 2. The molecule has 0 spiro atoms. The minimum atomic E-state index is -1.02. The molecule has 2 N–H and O–H groups in total. The average Bonchev–Trinajstić information content (AvgIpc) is 3.00. The second-order valence-electron chi connectivity index (χ2n) is 12.0. The highest BCUT2D eigenvalue weighted by molar-refractivity contribution is 6.33. The van der Waals surface area contributed by atoms with Crippen molar-refractivity contribution < 1.29 is 24.4 Å². The van der Waals surface area contributed by atoms with Gasteiger partial charge in [0.05, 0.1) is 35.1 Å².